The number of ether oxygens (including phenoxy) is 1. The van der Waals surface area contributed by atoms with Crippen LogP contribution in [-0.4, -0.2) is 5.84 Å². The maximum Gasteiger partial charge on any atom is 0.146 e. The molecule has 18 heavy (non-hydrogen) atoms. The number of nitrogen functional groups attached to an aromatic ring is 1. The highest BCUT2D eigenvalue weighted by atomic mass is 35.5. The van der Waals surface area contributed by atoms with Gasteiger partial charge in [0, 0.05) is 0 Å². The van der Waals surface area contributed by atoms with E-state index in [1.54, 1.807) is 42.5 Å². The van der Waals surface area contributed by atoms with Crippen molar-refractivity contribution in [2.45, 2.75) is 0 Å². The van der Waals surface area contributed by atoms with E-state index in [2.05, 4.69) is 0 Å². The van der Waals surface area contributed by atoms with Crippen molar-refractivity contribution in [3.05, 3.63) is 58.1 Å². The SMILES string of the molecule is N=C(N)c1c(Cl)cccc1Oc1ccccc1Cl. The lowest BCUT2D eigenvalue weighted by atomic mass is 10.2. The van der Waals surface area contributed by atoms with Gasteiger partial charge in [0.25, 0.3) is 0 Å². The van der Waals surface area contributed by atoms with Crippen LogP contribution in [0, 0.1) is 5.41 Å². The molecule has 0 aliphatic heterocycles. The molecule has 0 saturated heterocycles. The van der Waals surface area contributed by atoms with Crippen LogP contribution in [0.1, 0.15) is 5.56 Å². The van der Waals surface area contributed by atoms with Gasteiger partial charge in [-0.05, 0) is 24.3 Å². The van der Waals surface area contributed by atoms with E-state index >= 15 is 0 Å². The number of nitrogens with two attached hydrogens (primary N) is 1. The largest absolute Gasteiger partial charge is 0.455 e. The number of hydrogen-bond acceptors (Lipinski definition) is 2. The Morgan fingerprint density at radius 2 is 1.56 bits per heavy atom. The quantitative estimate of drug-likeness (QED) is 0.658. The number of benzene rings is 2. The van der Waals surface area contributed by atoms with Gasteiger partial charge in [-0.15, -0.1) is 0 Å². The highest BCUT2D eigenvalue weighted by Gasteiger charge is 2.12. The van der Waals surface area contributed by atoms with Crippen molar-refractivity contribution >= 4 is 29.0 Å². The molecule has 0 aromatic heterocycles. The van der Waals surface area contributed by atoms with E-state index < -0.39 is 0 Å². The maximum absolute atomic E-state index is 7.52. The molecule has 0 fully saturated rings. The van der Waals surface area contributed by atoms with Gasteiger partial charge in [-0.1, -0.05) is 41.4 Å². The first-order valence-electron chi connectivity index (χ1n) is 5.15. The molecule has 0 atom stereocenters. The van der Waals surface area contributed by atoms with Gasteiger partial charge in [-0.2, -0.15) is 0 Å². The van der Waals surface area contributed by atoms with Crippen LogP contribution in [0.15, 0.2) is 42.5 Å². The van der Waals surface area contributed by atoms with E-state index in [0.717, 1.165) is 0 Å². The molecule has 0 heterocycles. The van der Waals surface area contributed by atoms with Gasteiger partial charge in [-0.25, -0.2) is 0 Å². The van der Waals surface area contributed by atoms with Gasteiger partial charge >= 0.3 is 0 Å². The molecule has 2 rings (SSSR count). The van der Waals surface area contributed by atoms with E-state index in [4.69, 9.17) is 39.1 Å². The molecule has 3 N–H and O–H groups in total. The van der Waals surface area contributed by atoms with Crippen molar-refractivity contribution in [1.29, 1.82) is 5.41 Å². The second kappa shape index (κ2) is 5.29. The minimum absolute atomic E-state index is 0.150. The Kier molecular flexibility index (Phi) is 3.75. The average Bonchev–Trinajstić information content (AvgIpc) is 2.31. The van der Waals surface area contributed by atoms with E-state index in [1.165, 1.54) is 0 Å². The molecule has 0 unspecified atom stereocenters. The number of rotatable bonds is 3. The molecule has 0 bridgehead atoms. The van der Waals surface area contributed by atoms with E-state index in [-0.39, 0.29) is 5.84 Å². The Balaban J connectivity index is 2.44. The predicted octanol–water partition coefficient (Wildman–Crippen LogP) is 4.07. The zero-order valence-corrected chi connectivity index (χ0v) is 10.8. The topological polar surface area (TPSA) is 59.1 Å². The molecule has 5 heteroatoms. The molecule has 0 saturated carbocycles. The second-order valence-electron chi connectivity index (χ2n) is 3.56. The first kappa shape index (κ1) is 12.7. The second-order valence-corrected chi connectivity index (χ2v) is 4.37. The molecule has 2 aromatic carbocycles. The first-order valence-corrected chi connectivity index (χ1v) is 5.90. The Morgan fingerprint density at radius 3 is 2.22 bits per heavy atom. The van der Waals surface area contributed by atoms with Crippen LogP contribution in [0.5, 0.6) is 11.5 Å². The van der Waals surface area contributed by atoms with Crippen molar-refractivity contribution in [2.24, 2.45) is 5.73 Å². The molecular weight excluding hydrogens is 271 g/mol. The van der Waals surface area contributed by atoms with Crippen LogP contribution < -0.4 is 10.5 Å². The average molecular weight is 281 g/mol. The van der Waals surface area contributed by atoms with Crippen LogP contribution in [-0.2, 0) is 0 Å². The summed E-state index contributed by atoms with van der Waals surface area (Å²) in [6.45, 7) is 0. The lowest BCUT2D eigenvalue weighted by molar-refractivity contribution is 0.482. The zero-order valence-electron chi connectivity index (χ0n) is 9.28. The summed E-state index contributed by atoms with van der Waals surface area (Å²) in [7, 11) is 0. The first-order chi connectivity index (χ1) is 8.59. The Morgan fingerprint density at radius 1 is 0.944 bits per heavy atom. The summed E-state index contributed by atoms with van der Waals surface area (Å²) in [4.78, 5) is 0. The van der Waals surface area contributed by atoms with Crippen molar-refractivity contribution in [2.75, 3.05) is 0 Å². The third kappa shape index (κ3) is 2.58. The lowest BCUT2D eigenvalue weighted by Gasteiger charge is -2.12. The Hall–Kier alpha value is -1.71. The van der Waals surface area contributed by atoms with Crippen molar-refractivity contribution in [1.82, 2.24) is 0 Å². The number of halogens is 2. The van der Waals surface area contributed by atoms with Crippen LogP contribution in [0.2, 0.25) is 10.0 Å². The standard InChI is InChI=1S/C13H10Cl2N2O/c14-8-4-1-2-6-10(8)18-11-7-3-5-9(15)12(11)13(16)17/h1-7H,(H3,16,17). The fourth-order valence-electron chi connectivity index (χ4n) is 1.50. The molecule has 0 radical (unpaired) electrons. The van der Waals surface area contributed by atoms with Gasteiger partial charge in [0.2, 0.25) is 0 Å². The van der Waals surface area contributed by atoms with Crippen LogP contribution in [0.4, 0.5) is 0 Å². The molecular formula is C13H10Cl2N2O. The minimum Gasteiger partial charge on any atom is -0.455 e. The molecule has 3 nitrogen and oxygen atoms in total. The monoisotopic (exact) mass is 280 g/mol. The Bertz CT molecular complexity index is 599. The van der Waals surface area contributed by atoms with E-state index in [9.17, 15) is 0 Å². The molecule has 92 valence electrons. The third-order valence-electron chi connectivity index (χ3n) is 2.30. The number of hydrogen-bond donors (Lipinski definition) is 2. The molecule has 0 aliphatic carbocycles. The molecule has 2 aromatic rings. The summed E-state index contributed by atoms with van der Waals surface area (Å²) in [6.07, 6.45) is 0. The van der Waals surface area contributed by atoms with Crippen molar-refractivity contribution in [3.8, 4) is 11.5 Å². The van der Waals surface area contributed by atoms with E-state index in [0.29, 0.717) is 27.1 Å². The summed E-state index contributed by atoms with van der Waals surface area (Å²) in [5, 5.41) is 8.36. The van der Waals surface area contributed by atoms with Crippen LogP contribution in [0.3, 0.4) is 0 Å². The van der Waals surface area contributed by atoms with Gasteiger partial charge in [-0.3, -0.25) is 5.41 Å². The minimum atomic E-state index is -0.150. The zero-order chi connectivity index (χ0) is 13.1. The summed E-state index contributed by atoms with van der Waals surface area (Å²) in [5.41, 5.74) is 5.85. The fraction of sp³-hybridized carbons (Fsp3) is 0. The summed E-state index contributed by atoms with van der Waals surface area (Å²) in [5.74, 6) is 0.745. The highest BCUT2D eigenvalue weighted by molar-refractivity contribution is 6.34. The smallest absolute Gasteiger partial charge is 0.146 e. The van der Waals surface area contributed by atoms with Gasteiger partial charge < -0.3 is 10.5 Å². The summed E-state index contributed by atoms with van der Waals surface area (Å²) in [6, 6.07) is 12.1. The van der Waals surface area contributed by atoms with Crippen LogP contribution >= 0.6 is 23.2 Å². The van der Waals surface area contributed by atoms with Crippen molar-refractivity contribution < 1.29 is 4.74 Å². The molecule has 0 aliphatic rings. The number of para-hydroxylation sites is 1. The van der Waals surface area contributed by atoms with Gasteiger partial charge in [0.15, 0.2) is 0 Å². The number of nitrogens with one attached hydrogen (secondary N) is 1. The summed E-state index contributed by atoms with van der Waals surface area (Å²) >= 11 is 12.0. The fourth-order valence-corrected chi connectivity index (χ4v) is 1.94. The van der Waals surface area contributed by atoms with E-state index in [1.807, 2.05) is 0 Å². The van der Waals surface area contributed by atoms with Gasteiger partial charge in [0.05, 0.1) is 15.6 Å². The van der Waals surface area contributed by atoms with Gasteiger partial charge in [0.1, 0.15) is 17.3 Å². The van der Waals surface area contributed by atoms with Crippen LogP contribution in [0.25, 0.3) is 0 Å². The highest BCUT2D eigenvalue weighted by Crippen LogP contribution is 2.33. The maximum atomic E-state index is 7.52. The predicted molar refractivity (Wildman–Crippen MR) is 74.0 cm³/mol. The number of amidine groups is 1. The normalized spacial score (nSPS) is 10.1. The molecule has 0 amide bonds. The third-order valence-corrected chi connectivity index (χ3v) is 2.93. The van der Waals surface area contributed by atoms with Crippen molar-refractivity contribution in [3.63, 3.8) is 0 Å². The lowest BCUT2D eigenvalue weighted by Crippen LogP contribution is -2.13. The summed E-state index contributed by atoms with van der Waals surface area (Å²) < 4.78 is 5.65. The Labute approximate surface area is 115 Å². The molecule has 0 spiro atoms.